The fraction of sp³-hybridized carbons (Fsp3) is 0.380. The fourth-order valence-electron chi connectivity index (χ4n) is 7.94. The van der Waals surface area contributed by atoms with E-state index in [2.05, 4.69) is 6.92 Å². The van der Waals surface area contributed by atoms with Gasteiger partial charge in [-0.3, -0.25) is 0 Å². The third-order valence-electron chi connectivity index (χ3n) is 11.2. The number of esters is 1. The third-order valence-corrected chi connectivity index (χ3v) is 11.2. The fourth-order valence-corrected chi connectivity index (χ4v) is 7.94. The highest BCUT2D eigenvalue weighted by Gasteiger charge is 2.23. The van der Waals surface area contributed by atoms with Crippen molar-refractivity contribution in [3.05, 3.63) is 116 Å². The summed E-state index contributed by atoms with van der Waals surface area (Å²) in [6.07, 6.45) is 3.99. The lowest BCUT2D eigenvalue weighted by Gasteiger charge is -2.21. The first kappa shape index (κ1) is 45.1. The predicted octanol–water partition coefficient (Wildman–Crippen LogP) is 8.75. The van der Waals surface area contributed by atoms with Crippen molar-refractivity contribution in [3.63, 3.8) is 0 Å². The minimum Gasteiger partial charge on any atom is -0.496 e. The van der Waals surface area contributed by atoms with Gasteiger partial charge < -0.3 is 52.1 Å². The maximum absolute atomic E-state index is 12.5. The summed E-state index contributed by atoms with van der Waals surface area (Å²) in [6, 6.07) is 19.9. The largest absolute Gasteiger partial charge is 0.496 e. The summed E-state index contributed by atoms with van der Waals surface area (Å²) in [5.41, 5.74) is 8.69. The quantitative estimate of drug-likeness (QED) is 0.0726. The lowest BCUT2D eigenvalue weighted by atomic mass is 9.94. The van der Waals surface area contributed by atoms with Crippen LogP contribution >= 0.6 is 0 Å². The zero-order valence-electron chi connectivity index (χ0n) is 37.5. The lowest BCUT2D eigenvalue weighted by Crippen LogP contribution is -2.14. The Morgan fingerprint density at radius 1 is 0.371 bits per heavy atom. The molecule has 0 atom stereocenters. The number of rotatable bonds is 15. The molecule has 5 aromatic rings. The van der Waals surface area contributed by atoms with E-state index in [1.54, 1.807) is 56.9 Å². The van der Waals surface area contributed by atoms with Crippen molar-refractivity contribution in [1.82, 2.24) is 0 Å². The van der Waals surface area contributed by atoms with E-state index in [4.69, 9.17) is 52.1 Å². The molecule has 0 aromatic heterocycles. The first-order valence-electron chi connectivity index (χ1n) is 20.6. The molecule has 0 fully saturated rings. The smallest absolute Gasteiger partial charge is 0.343 e. The third kappa shape index (κ3) is 10.0. The van der Waals surface area contributed by atoms with Crippen LogP contribution in [0.2, 0.25) is 0 Å². The van der Waals surface area contributed by atoms with Crippen LogP contribution in [0.15, 0.2) is 60.7 Å². The van der Waals surface area contributed by atoms with Gasteiger partial charge in [-0.1, -0.05) is 13.3 Å². The highest BCUT2D eigenvalue weighted by atomic mass is 16.6. The van der Waals surface area contributed by atoms with Gasteiger partial charge in [-0.05, 0) is 67.1 Å². The zero-order chi connectivity index (χ0) is 44.3. The van der Waals surface area contributed by atoms with E-state index in [9.17, 15) is 4.79 Å². The van der Waals surface area contributed by atoms with E-state index in [1.165, 1.54) is 7.11 Å². The van der Waals surface area contributed by atoms with Gasteiger partial charge in [-0.2, -0.15) is 0 Å². The predicted molar refractivity (Wildman–Crippen MR) is 237 cm³/mol. The molecule has 0 saturated heterocycles. The zero-order valence-corrected chi connectivity index (χ0v) is 37.5. The minimum atomic E-state index is -0.509. The van der Waals surface area contributed by atoms with Gasteiger partial charge in [-0.25, -0.2) is 4.79 Å². The van der Waals surface area contributed by atoms with Crippen LogP contribution in [0, 0.1) is 0 Å². The van der Waals surface area contributed by atoms with E-state index in [0.29, 0.717) is 96.2 Å². The highest BCUT2D eigenvalue weighted by Crippen LogP contribution is 2.42. The molecule has 10 bridgehead atoms. The van der Waals surface area contributed by atoms with Crippen molar-refractivity contribution >= 4 is 5.97 Å². The molecule has 10 aliphatic carbocycles. The van der Waals surface area contributed by atoms with Crippen LogP contribution < -0.4 is 47.4 Å². The number of hydrogen-bond acceptors (Lipinski definition) is 12. The molecule has 62 heavy (non-hydrogen) atoms. The number of hydrogen-bond donors (Lipinski definition) is 0. The van der Waals surface area contributed by atoms with E-state index >= 15 is 0 Å². The summed E-state index contributed by atoms with van der Waals surface area (Å²) in [6.45, 7) is 2.34. The van der Waals surface area contributed by atoms with E-state index in [1.807, 2.05) is 60.7 Å². The minimum absolute atomic E-state index is 0.288. The van der Waals surface area contributed by atoms with Crippen molar-refractivity contribution in [3.8, 4) is 57.5 Å². The second-order valence-corrected chi connectivity index (χ2v) is 14.9. The van der Waals surface area contributed by atoms with Gasteiger partial charge in [0.2, 0.25) is 0 Å². The molecule has 330 valence electrons. The summed E-state index contributed by atoms with van der Waals surface area (Å²) < 4.78 is 66.0. The van der Waals surface area contributed by atoms with E-state index < -0.39 is 5.97 Å². The molecule has 0 spiro atoms. The molecule has 0 amide bonds. The average molecular weight is 851 g/mol. The molecule has 15 rings (SSSR count). The van der Waals surface area contributed by atoms with Gasteiger partial charge in [0.15, 0.2) is 6.61 Å². The van der Waals surface area contributed by atoms with Crippen LogP contribution in [0.1, 0.15) is 75.4 Å². The number of unbranched alkanes of at least 4 members (excludes halogenated alkanes) is 1. The molecule has 10 aliphatic rings. The van der Waals surface area contributed by atoms with Crippen LogP contribution in [0.25, 0.3) is 0 Å². The second-order valence-electron chi connectivity index (χ2n) is 14.9. The Morgan fingerprint density at radius 2 is 0.597 bits per heavy atom. The van der Waals surface area contributed by atoms with E-state index in [-0.39, 0.29) is 6.61 Å². The lowest BCUT2D eigenvalue weighted by molar-refractivity contribution is -0.142. The first-order chi connectivity index (χ1) is 30.1. The molecule has 5 aromatic carbocycles. The molecule has 0 aliphatic heterocycles. The Kier molecular flexibility index (Phi) is 15.2. The standard InChI is InChI=1S/C50H58O12/c1-11-12-13-61-48-27-39-18-37-26-45(57-7)35(24-47(37)59-9)16-33-22-41(53-3)31(20-43(33)55-5)14-30-19-42(54-4)32(21-40(30)52-2)15-34-23-46(58-8)36(25-44(34)56-6)17-38(48)28-49(39)62-29-50(51)60-10/h19-28H,11-18,29H2,1-10H3. The van der Waals surface area contributed by atoms with Crippen molar-refractivity contribution in [2.45, 2.75) is 51.9 Å². The van der Waals surface area contributed by atoms with Gasteiger partial charge in [0.05, 0.1) is 70.6 Å². The summed E-state index contributed by atoms with van der Waals surface area (Å²) in [5.74, 6) is 6.06. The average Bonchev–Trinajstić information content (AvgIpc) is 3.29. The van der Waals surface area contributed by atoms with Crippen molar-refractivity contribution in [1.29, 1.82) is 0 Å². The summed E-state index contributed by atoms with van der Waals surface area (Å²) in [4.78, 5) is 12.5. The Labute approximate surface area is 364 Å². The van der Waals surface area contributed by atoms with Gasteiger partial charge in [-0.15, -0.1) is 0 Å². The van der Waals surface area contributed by atoms with Gasteiger partial charge >= 0.3 is 5.97 Å². The molecule has 12 nitrogen and oxygen atoms in total. The van der Waals surface area contributed by atoms with Crippen LogP contribution in [-0.4, -0.2) is 83.2 Å². The Balaban J connectivity index is 1.62. The molecular weight excluding hydrogens is 793 g/mol. The maximum atomic E-state index is 12.5. The Morgan fingerprint density at radius 3 is 0.823 bits per heavy atom. The molecule has 0 N–H and O–H groups in total. The van der Waals surface area contributed by atoms with Gasteiger partial charge in [0.1, 0.15) is 57.5 Å². The molecule has 0 saturated carbocycles. The topological polar surface area (TPSA) is 119 Å². The normalized spacial score (nSPS) is 12.0. The highest BCUT2D eigenvalue weighted by molar-refractivity contribution is 5.71. The van der Waals surface area contributed by atoms with Crippen LogP contribution in [0.3, 0.4) is 0 Å². The number of carbonyl (C=O) groups excluding carboxylic acids is 1. The van der Waals surface area contributed by atoms with Crippen molar-refractivity contribution in [2.75, 3.05) is 77.2 Å². The molecular formula is C50H58O12. The van der Waals surface area contributed by atoms with Gasteiger partial charge in [0, 0.05) is 87.7 Å². The summed E-state index contributed by atoms with van der Waals surface area (Å²) in [5, 5.41) is 0. The summed E-state index contributed by atoms with van der Waals surface area (Å²) in [7, 11) is 14.6. The molecule has 0 radical (unpaired) electrons. The monoisotopic (exact) mass is 850 g/mol. The molecule has 0 heterocycles. The Bertz CT molecular complexity index is 2370. The SMILES string of the molecule is CCCCOc1cc2c(OCC(=O)OC)cc1Cc1cc(OC)c(cc1OC)Cc1cc(OC)c(cc1OC)Cc1cc(OC)c(cc1OC)Cc1cc(OC)c(cc1OC)C2. The first-order valence-corrected chi connectivity index (χ1v) is 20.6. The van der Waals surface area contributed by atoms with Crippen molar-refractivity contribution < 1.29 is 56.9 Å². The summed E-state index contributed by atoms with van der Waals surface area (Å²) >= 11 is 0. The number of carbonyl (C=O) groups is 1. The second kappa shape index (κ2) is 20.9. The maximum Gasteiger partial charge on any atom is 0.343 e. The number of benzene rings is 5. The van der Waals surface area contributed by atoms with Crippen molar-refractivity contribution in [2.24, 2.45) is 0 Å². The molecule has 0 unspecified atom stereocenters. The number of methoxy groups -OCH3 is 9. The van der Waals surface area contributed by atoms with Crippen LogP contribution in [-0.2, 0) is 41.6 Å². The van der Waals surface area contributed by atoms with Crippen LogP contribution in [0.4, 0.5) is 0 Å². The molecule has 12 heteroatoms. The Hall–Kier alpha value is -6.43. The van der Waals surface area contributed by atoms with Crippen LogP contribution in [0.5, 0.6) is 57.5 Å². The van der Waals surface area contributed by atoms with E-state index in [0.717, 1.165) is 68.5 Å². The number of ether oxygens (including phenoxy) is 11. The van der Waals surface area contributed by atoms with Gasteiger partial charge in [0.25, 0.3) is 0 Å².